The van der Waals surface area contributed by atoms with E-state index in [0.717, 1.165) is 5.69 Å². The molecular formula is C19H22FN3O3S. The molecule has 0 aliphatic carbocycles. The molecule has 1 aromatic carbocycles. The van der Waals surface area contributed by atoms with Crippen molar-refractivity contribution in [3.63, 3.8) is 0 Å². The fourth-order valence-electron chi connectivity index (χ4n) is 2.98. The van der Waals surface area contributed by atoms with Gasteiger partial charge in [-0.2, -0.15) is 0 Å². The van der Waals surface area contributed by atoms with Gasteiger partial charge in [-0.3, -0.25) is 14.2 Å². The molecule has 1 atom stereocenters. The van der Waals surface area contributed by atoms with Crippen LogP contribution in [0, 0.1) is 18.7 Å². The second kappa shape index (κ2) is 8.56. The fourth-order valence-corrected chi connectivity index (χ4v) is 4.10. The summed E-state index contributed by atoms with van der Waals surface area (Å²) in [6, 6.07) is 5.72. The summed E-state index contributed by atoms with van der Waals surface area (Å²) in [6.45, 7) is 4.74. The molecule has 0 spiro atoms. The molecule has 0 saturated carbocycles. The molecule has 144 valence electrons. The van der Waals surface area contributed by atoms with Crippen molar-refractivity contribution >= 4 is 17.7 Å². The maximum absolute atomic E-state index is 12.8. The molecule has 3 rings (SSSR count). The Morgan fingerprint density at radius 1 is 1.41 bits per heavy atom. The predicted octanol–water partition coefficient (Wildman–Crippen LogP) is 2.17. The number of nitrogens with zero attached hydrogens (tertiary/aromatic N) is 2. The summed E-state index contributed by atoms with van der Waals surface area (Å²) in [6.07, 6.45) is 0.625. The lowest BCUT2D eigenvalue weighted by Crippen LogP contribution is -2.41. The highest BCUT2D eigenvalue weighted by Gasteiger charge is 2.27. The second-order valence-electron chi connectivity index (χ2n) is 6.33. The molecule has 0 fully saturated rings. The minimum Gasteiger partial charge on any atom is -0.492 e. The number of hydrogen-bond acceptors (Lipinski definition) is 5. The van der Waals surface area contributed by atoms with E-state index in [-0.39, 0.29) is 29.8 Å². The lowest BCUT2D eigenvalue weighted by Gasteiger charge is -2.25. The number of hydrogen-bond donors (Lipinski definition) is 1. The van der Waals surface area contributed by atoms with Crippen LogP contribution < -0.4 is 15.6 Å². The zero-order valence-corrected chi connectivity index (χ0v) is 16.1. The zero-order chi connectivity index (χ0) is 19.4. The van der Waals surface area contributed by atoms with Gasteiger partial charge in [-0.25, -0.2) is 9.37 Å². The molecule has 1 aliphatic rings. The van der Waals surface area contributed by atoms with Gasteiger partial charge in [-0.15, -0.1) is 0 Å². The van der Waals surface area contributed by atoms with Crippen molar-refractivity contribution in [2.24, 2.45) is 5.92 Å². The summed E-state index contributed by atoms with van der Waals surface area (Å²) < 4.78 is 19.9. The van der Waals surface area contributed by atoms with Crippen molar-refractivity contribution in [1.29, 1.82) is 0 Å². The Morgan fingerprint density at radius 3 is 2.85 bits per heavy atom. The van der Waals surface area contributed by atoms with Crippen LogP contribution in [0.25, 0.3) is 0 Å². The number of carbonyl (C=O) groups is 1. The molecular weight excluding hydrogens is 369 g/mol. The molecule has 1 N–H and O–H groups in total. The summed E-state index contributed by atoms with van der Waals surface area (Å²) >= 11 is 1.43. The summed E-state index contributed by atoms with van der Waals surface area (Å²) in [7, 11) is 0. The van der Waals surface area contributed by atoms with Crippen molar-refractivity contribution in [1.82, 2.24) is 14.9 Å². The van der Waals surface area contributed by atoms with Gasteiger partial charge in [0.15, 0.2) is 5.16 Å². The van der Waals surface area contributed by atoms with Crippen molar-refractivity contribution in [3.05, 3.63) is 51.7 Å². The normalized spacial score (nSPS) is 15.9. The van der Waals surface area contributed by atoms with Gasteiger partial charge in [0.05, 0.1) is 12.5 Å². The largest absolute Gasteiger partial charge is 0.492 e. The van der Waals surface area contributed by atoms with E-state index in [1.807, 2.05) is 13.8 Å². The number of aryl methyl sites for hydroxylation is 1. The highest BCUT2D eigenvalue weighted by molar-refractivity contribution is 7.99. The number of amides is 1. The topological polar surface area (TPSA) is 73.2 Å². The van der Waals surface area contributed by atoms with Crippen LogP contribution >= 0.6 is 11.8 Å². The molecule has 0 unspecified atom stereocenters. The first-order chi connectivity index (χ1) is 13.0. The standard InChI is InChI=1S/C19H22FN3O3S/c1-3-16-12(2)22-19-23(18(16)25)10-13(11-27-19)17(24)21-8-9-26-15-6-4-14(20)5-7-15/h4-7,13H,3,8-11H2,1-2H3,(H,21,24)/t13-/m0/s1. The summed E-state index contributed by atoms with van der Waals surface area (Å²) in [5.74, 6) is 0.411. The van der Waals surface area contributed by atoms with Crippen molar-refractivity contribution < 1.29 is 13.9 Å². The highest BCUT2D eigenvalue weighted by atomic mass is 32.2. The average molecular weight is 391 g/mol. The van der Waals surface area contributed by atoms with Gasteiger partial charge in [0.25, 0.3) is 5.56 Å². The number of benzene rings is 1. The smallest absolute Gasteiger partial charge is 0.257 e. The minimum absolute atomic E-state index is 0.0513. The highest BCUT2D eigenvalue weighted by Crippen LogP contribution is 2.26. The average Bonchev–Trinajstić information content (AvgIpc) is 2.66. The zero-order valence-electron chi connectivity index (χ0n) is 15.3. The first-order valence-electron chi connectivity index (χ1n) is 8.88. The number of nitrogens with one attached hydrogen (secondary N) is 1. The van der Waals surface area contributed by atoms with E-state index in [2.05, 4.69) is 10.3 Å². The number of rotatable bonds is 6. The number of halogens is 1. The lowest BCUT2D eigenvalue weighted by atomic mass is 10.1. The van der Waals surface area contributed by atoms with E-state index in [1.165, 1.54) is 23.9 Å². The van der Waals surface area contributed by atoms with Gasteiger partial charge in [0, 0.05) is 23.6 Å². The van der Waals surface area contributed by atoms with Gasteiger partial charge in [0.1, 0.15) is 18.2 Å². The van der Waals surface area contributed by atoms with Crippen molar-refractivity contribution in [2.75, 3.05) is 18.9 Å². The Kier molecular flexibility index (Phi) is 6.15. The first kappa shape index (κ1) is 19.4. The van der Waals surface area contributed by atoms with Gasteiger partial charge in [-0.1, -0.05) is 18.7 Å². The molecule has 0 saturated heterocycles. The molecule has 2 aromatic rings. The van der Waals surface area contributed by atoms with Crippen molar-refractivity contribution in [3.8, 4) is 5.75 Å². The molecule has 6 nitrogen and oxygen atoms in total. The Bertz CT molecular complexity index is 883. The lowest BCUT2D eigenvalue weighted by molar-refractivity contribution is -0.124. The van der Waals surface area contributed by atoms with E-state index in [9.17, 15) is 14.0 Å². The van der Waals surface area contributed by atoms with Crippen LogP contribution in [0.2, 0.25) is 0 Å². The number of thioether (sulfide) groups is 1. The van der Waals surface area contributed by atoms with Crippen LogP contribution in [-0.4, -0.2) is 34.4 Å². The first-order valence-corrected chi connectivity index (χ1v) is 9.87. The monoisotopic (exact) mass is 391 g/mol. The molecule has 27 heavy (non-hydrogen) atoms. The molecule has 8 heteroatoms. The van der Waals surface area contributed by atoms with E-state index < -0.39 is 0 Å². The summed E-state index contributed by atoms with van der Waals surface area (Å²) in [4.78, 5) is 29.5. The molecule has 0 radical (unpaired) electrons. The van der Waals surface area contributed by atoms with E-state index >= 15 is 0 Å². The fraction of sp³-hybridized carbons (Fsp3) is 0.421. The quantitative estimate of drug-likeness (QED) is 0.604. The SMILES string of the molecule is CCc1c(C)nc2n(c1=O)C[C@H](C(=O)NCCOc1ccc(F)cc1)CS2. The summed E-state index contributed by atoms with van der Waals surface area (Å²) in [5, 5.41) is 3.52. The number of carbonyl (C=O) groups excluding carboxylic acids is 1. The minimum atomic E-state index is -0.322. The van der Waals surface area contributed by atoms with Crippen LogP contribution in [0.5, 0.6) is 5.75 Å². The predicted molar refractivity (Wildman–Crippen MR) is 102 cm³/mol. The Hall–Kier alpha value is -2.35. The van der Waals surface area contributed by atoms with Gasteiger partial charge in [0.2, 0.25) is 5.91 Å². The third-order valence-corrected chi connectivity index (χ3v) is 5.60. The van der Waals surface area contributed by atoms with Gasteiger partial charge < -0.3 is 10.1 Å². The van der Waals surface area contributed by atoms with Crippen LogP contribution in [0.4, 0.5) is 4.39 Å². The van der Waals surface area contributed by atoms with Crippen molar-refractivity contribution in [2.45, 2.75) is 32.0 Å². The van der Waals surface area contributed by atoms with Crippen LogP contribution in [0.1, 0.15) is 18.2 Å². The molecule has 1 aromatic heterocycles. The number of ether oxygens (including phenoxy) is 1. The Balaban J connectivity index is 1.54. The Labute approximate surface area is 161 Å². The van der Waals surface area contributed by atoms with E-state index in [0.29, 0.717) is 41.7 Å². The molecule has 1 amide bonds. The second-order valence-corrected chi connectivity index (χ2v) is 7.32. The number of fused-ring (bicyclic) bond motifs is 1. The van der Waals surface area contributed by atoms with Gasteiger partial charge in [-0.05, 0) is 37.6 Å². The number of aromatic nitrogens is 2. The van der Waals surface area contributed by atoms with Crippen LogP contribution in [0.15, 0.2) is 34.2 Å². The van der Waals surface area contributed by atoms with Gasteiger partial charge >= 0.3 is 0 Å². The third-order valence-electron chi connectivity index (χ3n) is 4.46. The van der Waals surface area contributed by atoms with E-state index in [4.69, 9.17) is 4.74 Å². The maximum Gasteiger partial charge on any atom is 0.257 e. The third kappa shape index (κ3) is 4.50. The molecule has 0 bridgehead atoms. The van der Waals surface area contributed by atoms with Crippen LogP contribution in [-0.2, 0) is 17.8 Å². The van der Waals surface area contributed by atoms with E-state index in [1.54, 1.807) is 16.7 Å². The summed E-state index contributed by atoms with van der Waals surface area (Å²) in [5.41, 5.74) is 1.42. The maximum atomic E-state index is 12.8. The molecule has 1 aliphatic heterocycles. The Morgan fingerprint density at radius 2 is 2.15 bits per heavy atom. The molecule has 2 heterocycles. The van der Waals surface area contributed by atoms with Crippen LogP contribution in [0.3, 0.4) is 0 Å².